The van der Waals surface area contributed by atoms with Crippen LogP contribution in [-0.4, -0.2) is 4.57 Å². The van der Waals surface area contributed by atoms with Crippen LogP contribution in [0.3, 0.4) is 0 Å². The van der Waals surface area contributed by atoms with E-state index in [-0.39, 0.29) is 0 Å². The molecule has 0 spiro atoms. The summed E-state index contributed by atoms with van der Waals surface area (Å²) in [5, 5.41) is 2.56. The van der Waals surface area contributed by atoms with E-state index in [1.54, 1.807) is 0 Å². The second-order valence-corrected chi connectivity index (χ2v) is 9.82. The lowest BCUT2D eigenvalue weighted by molar-refractivity contribution is 1.18. The molecule has 0 unspecified atom stereocenters. The molecule has 1 heterocycles. The quantitative estimate of drug-likeness (QED) is 0.229. The number of fused-ring (bicyclic) bond motifs is 3. The standard InChI is InChI=1S/C37H27N/c1-3-11-28(12-4-1)29-21-19-27(20-22-29)25-30-13-7-8-16-33(30)31-23-24-37-35(26-31)34-17-9-10-18-36(34)38(37)32-14-5-2-6-15-32/h1-24,26H,25H2. The fraction of sp³-hybridized carbons (Fsp3) is 0.0270. The Hall–Kier alpha value is -4.88. The Morgan fingerprint density at radius 1 is 0.421 bits per heavy atom. The van der Waals surface area contributed by atoms with Crippen LogP contribution < -0.4 is 0 Å². The van der Waals surface area contributed by atoms with Crippen molar-refractivity contribution in [2.24, 2.45) is 0 Å². The SMILES string of the molecule is c1ccc(-c2ccc(Cc3ccccc3-c3ccc4c(c3)c3ccccc3n4-c3ccccc3)cc2)cc1. The van der Waals surface area contributed by atoms with Crippen LogP contribution in [0.5, 0.6) is 0 Å². The van der Waals surface area contributed by atoms with Crippen molar-refractivity contribution in [3.8, 4) is 27.9 Å². The Morgan fingerprint density at radius 3 is 1.84 bits per heavy atom. The highest BCUT2D eigenvalue weighted by Gasteiger charge is 2.14. The summed E-state index contributed by atoms with van der Waals surface area (Å²) in [6.45, 7) is 0. The van der Waals surface area contributed by atoms with Crippen LogP contribution in [0.25, 0.3) is 49.7 Å². The van der Waals surface area contributed by atoms with Crippen LogP contribution in [0.4, 0.5) is 0 Å². The summed E-state index contributed by atoms with van der Waals surface area (Å²) in [5.74, 6) is 0. The Kier molecular flexibility index (Phi) is 5.60. The molecule has 0 saturated carbocycles. The minimum absolute atomic E-state index is 0.898. The first kappa shape index (κ1) is 22.3. The molecule has 0 atom stereocenters. The van der Waals surface area contributed by atoms with Gasteiger partial charge in [-0.15, -0.1) is 0 Å². The summed E-state index contributed by atoms with van der Waals surface area (Å²) in [6, 6.07) is 54.6. The zero-order chi connectivity index (χ0) is 25.3. The molecule has 7 rings (SSSR count). The zero-order valence-electron chi connectivity index (χ0n) is 21.1. The fourth-order valence-electron chi connectivity index (χ4n) is 5.62. The lowest BCUT2D eigenvalue weighted by Gasteiger charge is -2.12. The summed E-state index contributed by atoms with van der Waals surface area (Å²) in [7, 11) is 0. The first-order chi connectivity index (χ1) is 18.8. The van der Waals surface area contributed by atoms with E-state index in [1.165, 1.54) is 60.9 Å². The Morgan fingerprint density at radius 2 is 1.03 bits per heavy atom. The van der Waals surface area contributed by atoms with Crippen molar-refractivity contribution in [1.29, 1.82) is 0 Å². The van der Waals surface area contributed by atoms with Crippen LogP contribution in [0.1, 0.15) is 11.1 Å². The lowest BCUT2D eigenvalue weighted by Crippen LogP contribution is -1.94. The van der Waals surface area contributed by atoms with Gasteiger partial charge in [0.25, 0.3) is 0 Å². The van der Waals surface area contributed by atoms with Gasteiger partial charge in [0.2, 0.25) is 0 Å². The third-order valence-corrected chi connectivity index (χ3v) is 7.47. The van der Waals surface area contributed by atoms with Crippen molar-refractivity contribution >= 4 is 21.8 Å². The Labute approximate surface area is 223 Å². The molecule has 0 saturated heterocycles. The molecule has 0 amide bonds. The predicted octanol–water partition coefficient (Wildman–Crippen LogP) is 9.71. The molecule has 1 heteroatoms. The number of para-hydroxylation sites is 2. The summed E-state index contributed by atoms with van der Waals surface area (Å²) in [5.41, 5.74) is 11.4. The van der Waals surface area contributed by atoms with E-state index < -0.39 is 0 Å². The van der Waals surface area contributed by atoms with Crippen molar-refractivity contribution in [2.45, 2.75) is 6.42 Å². The highest BCUT2D eigenvalue weighted by Crippen LogP contribution is 2.36. The summed E-state index contributed by atoms with van der Waals surface area (Å²) < 4.78 is 2.37. The van der Waals surface area contributed by atoms with Gasteiger partial charge in [0.1, 0.15) is 0 Å². The molecule has 0 bridgehead atoms. The molecule has 0 aliphatic carbocycles. The lowest BCUT2D eigenvalue weighted by atomic mass is 9.93. The van der Waals surface area contributed by atoms with Crippen molar-refractivity contribution in [3.63, 3.8) is 0 Å². The first-order valence-corrected chi connectivity index (χ1v) is 13.2. The van der Waals surface area contributed by atoms with Crippen LogP contribution in [-0.2, 0) is 6.42 Å². The Bertz CT molecular complexity index is 1860. The van der Waals surface area contributed by atoms with E-state index in [1.807, 2.05) is 0 Å². The van der Waals surface area contributed by atoms with E-state index in [2.05, 4.69) is 156 Å². The summed E-state index contributed by atoms with van der Waals surface area (Å²) in [6.07, 6.45) is 0.898. The number of hydrogen-bond donors (Lipinski definition) is 0. The van der Waals surface area contributed by atoms with Crippen LogP contribution in [0, 0.1) is 0 Å². The average molecular weight is 486 g/mol. The van der Waals surface area contributed by atoms with Gasteiger partial charge in [-0.3, -0.25) is 0 Å². The number of aromatic nitrogens is 1. The smallest absolute Gasteiger partial charge is 0.0541 e. The molecule has 1 nitrogen and oxygen atoms in total. The van der Waals surface area contributed by atoms with Gasteiger partial charge in [-0.25, -0.2) is 0 Å². The van der Waals surface area contributed by atoms with Crippen molar-refractivity contribution in [3.05, 3.63) is 163 Å². The highest BCUT2D eigenvalue weighted by molar-refractivity contribution is 6.10. The third-order valence-electron chi connectivity index (χ3n) is 7.47. The fourth-order valence-corrected chi connectivity index (χ4v) is 5.62. The molecule has 0 radical (unpaired) electrons. The minimum atomic E-state index is 0.898. The predicted molar refractivity (Wildman–Crippen MR) is 161 cm³/mol. The van der Waals surface area contributed by atoms with E-state index in [4.69, 9.17) is 0 Å². The average Bonchev–Trinajstić information content (AvgIpc) is 3.32. The van der Waals surface area contributed by atoms with Crippen LogP contribution in [0.2, 0.25) is 0 Å². The molecular weight excluding hydrogens is 458 g/mol. The molecule has 0 N–H and O–H groups in total. The maximum atomic E-state index is 2.37. The van der Waals surface area contributed by atoms with Gasteiger partial charge >= 0.3 is 0 Å². The molecular formula is C37H27N. The second kappa shape index (κ2) is 9.53. The number of rotatable bonds is 5. The largest absolute Gasteiger partial charge is 0.309 e. The van der Waals surface area contributed by atoms with Gasteiger partial charge in [0.15, 0.2) is 0 Å². The van der Waals surface area contributed by atoms with Gasteiger partial charge in [0, 0.05) is 16.5 Å². The Balaban J connectivity index is 1.29. The zero-order valence-corrected chi connectivity index (χ0v) is 21.1. The minimum Gasteiger partial charge on any atom is -0.309 e. The van der Waals surface area contributed by atoms with E-state index in [9.17, 15) is 0 Å². The normalized spacial score (nSPS) is 11.3. The molecule has 7 aromatic rings. The molecule has 0 fully saturated rings. The maximum Gasteiger partial charge on any atom is 0.0541 e. The monoisotopic (exact) mass is 485 g/mol. The van der Waals surface area contributed by atoms with Crippen molar-refractivity contribution in [2.75, 3.05) is 0 Å². The third kappa shape index (κ3) is 3.99. The molecule has 38 heavy (non-hydrogen) atoms. The van der Waals surface area contributed by atoms with E-state index in [0.29, 0.717) is 0 Å². The van der Waals surface area contributed by atoms with E-state index in [0.717, 1.165) is 6.42 Å². The molecule has 0 aliphatic heterocycles. The number of nitrogens with zero attached hydrogens (tertiary/aromatic N) is 1. The van der Waals surface area contributed by atoms with Gasteiger partial charge in [-0.05, 0) is 70.1 Å². The molecule has 6 aromatic carbocycles. The van der Waals surface area contributed by atoms with Crippen LogP contribution in [0.15, 0.2) is 152 Å². The van der Waals surface area contributed by atoms with Gasteiger partial charge < -0.3 is 4.57 Å². The molecule has 0 aliphatic rings. The summed E-state index contributed by atoms with van der Waals surface area (Å²) >= 11 is 0. The van der Waals surface area contributed by atoms with Crippen molar-refractivity contribution in [1.82, 2.24) is 4.57 Å². The van der Waals surface area contributed by atoms with Gasteiger partial charge in [-0.1, -0.05) is 121 Å². The molecule has 180 valence electrons. The highest BCUT2D eigenvalue weighted by atomic mass is 15.0. The van der Waals surface area contributed by atoms with Crippen LogP contribution >= 0.6 is 0 Å². The van der Waals surface area contributed by atoms with Crippen molar-refractivity contribution < 1.29 is 0 Å². The van der Waals surface area contributed by atoms with E-state index >= 15 is 0 Å². The van der Waals surface area contributed by atoms with Gasteiger partial charge in [0.05, 0.1) is 11.0 Å². The number of hydrogen-bond acceptors (Lipinski definition) is 0. The molecule has 1 aromatic heterocycles. The topological polar surface area (TPSA) is 4.93 Å². The number of benzene rings is 6. The maximum absolute atomic E-state index is 2.37. The summed E-state index contributed by atoms with van der Waals surface area (Å²) in [4.78, 5) is 0. The second-order valence-electron chi connectivity index (χ2n) is 9.82. The first-order valence-electron chi connectivity index (χ1n) is 13.2. The van der Waals surface area contributed by atoms with Gasteiger partial charge in [-0.2, -0.15) is 0 Å².